The van der Waals surface area contributed by atoms with Crippen LogP contribution >= 0.6 is 0 Å². The minimum atomic E-state index is -0.385. The highest BCUT2D eigenvalue weighted by Crippen LogP contribution is 2.16. The molecule has 0 amide bonds. The average Bonchev–Trinajstić information content (AvgIpc) is 1.59. The summed E-state index contributed by atoms with van der Waals surface area (Å²) in [5, 5.41) is 9.01. The molecule has 1 nitrogen and oxygen atoms in total. The van der Waals surface area contributed by atoms with Crippen molar-refractivity contribution in [2.24, 2.45) is 0 Å². The molecule has 0 aromatic carbocycles. The van der Waals surface area contributed by atoms with Crippen molar-refractivity contribution in [3.8, 4) is 0 Å². The number of aliphatic hydroxyl groups excluding tert-OH is 1. The lowest BCUT2D eigenvalue weighted by molar-refractivity contribution is 0.130. The van der Waals surface area contributed by atoms with Crippen molar-refractivity contribution in [2.45, 2.75) is 38.2 Å². The molecule has 0 radical (unpaired) electrons. The van der Waals surface area contributed by atoms with Crippen molar-refractivity contribution < 1.29 is 7.85 Å². The third kappa shape index (κ3) is 1.48. The second-order valence-corrected chi connectivity index (χ2v) is 1.94. The molecule has 1 aliphatic rings. The molecule has 1 rings (SSSR count). The maximum atomic E-state index is 9.01. The number of rotatable bonds is 0. The molecule has 0 spiro atoms. The molecular weight excluding hydrogens is 88.1 g/mol. The molecule has 0 aromatic heterocycles. The van der Waals surface area contributed by atoms with Gasteiger partial charge in [-0.3, -0.25) is 0 Å². The summed E-state index contributed by atoms with van der Waals surface area (Å²) in [6, 6.07) is 0. The fraction of sp³-hybridized carbons (Fsp3) is 1.00. The molecule has 1 aliphatic carbocycles. The molecule has 2 unspecified atom stereocenters. The highest BCUT2D eigenvalue weighted by atomic mass is 16.3. The van der Waals surface area contributed by atoms with Crippen LogP contribution in [0.15, 0.2) is 0 Å². The summed E-state index contributed by atoms with van der Waals surface area (Å²) in [6.45, 7) is 0. The third-order valence-electron chi connectivity index (χ3n) is 1.21. The Morgan fingerprint density at radius 1 is 1.43 bits per heavy atom. The topological polar surface area (TPSA) is 20.2 Å². The Morgan fingerprint density at radius 3 is 2.43 bits per heavy atom. The van der Waals surface area contributed by atoms with Gasteiger partial charge in [-0.1, -0.05) is 19.2 Å². The van der Waals surface area contributed by atoms with Crippen molar-refractivity contribution in [1.82, 2.24) is 0 Å². The van der Waals surface area contributed by atoms with Gasteiger partial charge in [-0.05, 0) is 12.8 Å². The van der Waals surface area contributed by atoms with E-state index in [-0.39, 0.29) is 18.9 Å². The molecule has 0 aromatic rings. The van der Waals surface area contributed by atoms with E-state index in [1.54, 1.807) is 0 Å². The first-order valence-corrected chi connectivity index (χ1v) is 2.71. The van der Waals surface area contributed by atoms with Gasteiger partial charge in [-0.15, -0.1) is 0 Å². The van der Waals surface area contributed by atoms with Gasteiger partial charge < -0.3 is 5.11 Å². The molecule has 1 fully saturated rings. The van der Waals surface area contributed by atoms with Gasteiger partial charge in [0.1, 0.15) is 0 Å². The predicted octanol–water partition coefficient (Wildman–Crippen LogP) is 1.31. The van der Waals surface area contributed by atoms with E-state index < -0.39 is 0 Å². The number of hydrogen-bond acceptors (Lipinski definition) is 1. The van der Waals surface area contributed by atoms with Crippen LogP contribution in [0.3, 0.4) is 0 Å². The van der Waals surface area contributed by atoms with Gasteiger partial charge in [-0.2, -0.15) is 0 Å². The average molecular weight is 102 g/mol. The highest BCUT2D eigenvalue weighted by Gasteiger charge is 2.07. The Balaban J connectivity index is 2.34. The van der Waals surface area contributed by atoms with Gasteiger partial charge in [0, 0.05) is 2.74 Å². The monoisotopic (exact) mass is 102 g/mol. The smallest absolute Gasteiger partial charge is 0.0540 e. The summed E-state index contributed by atoms with van der Waals surface area (Å²) in [5.41, 5.74) is 0. The minimum absolute atomic E-state index is 0.198. The highest BCUT2D eigenvalue weighted by molar-refractivity contribution is 4.61. The SMILES string of the molecule is [2H]C1CC([2H])CC(O)C1. The summed E-state index contributed by atoms with van der Waals surface area (Å²) in [7, 11) is 0. The van der Waals surface area contributed by atoms with Crippen LogP contribution < -0.4 is 0 Å². The standard InChI is InChI=1S/C6H12O/c7-6-4-2-1-3-5-6/h6-7H,1-5H2/i2D,3D. The lowest BCUT2D eigenvalue weighted by Crippen LogP contribution is -2.09. The molecular formula is C6H12O. The second kappa shape index (κ2) is 2.31. The van der Waals surface area contributed by atoms with Crippen molar-refractivity contribution in [3.05, 3.63) is 0 Å². The van der Waals surface area contributed by atoms with E-state index in [1.165, 1.54) is 0 Å². The van der Waals surface area contributed by atoms with Crippen molar-refractivity contribution in [2.75, 3.05) is 0 Å². The fourth-order valence-electron chi connectivity index (χ4n) is 0.791. The number of aliphatic hydroxyl groups is 1. The van der Waals surface area contributed by atoms with E-state index in [1.807, 2.05) is 0 Å². The Kier molecular flexibility index (Phi) is 1.02. The lowest BCUT2D eigenvalue weighted by atomic mass is 9.98. The second-order valence-electron chi connectivity index (χ2n) is 1.94. The van der Waals surface area contributed by atoms with Crippen LogP contribution in [-0.4, -0.2) is 11.2 Å². The van der Waals surface area contributed by atoms with E-state index >= 15 is 0 Å². The van der Waals surface area contributed by atoms with Gasteiger partial charge in [0.2, 0.25) is 0 Å². The molecule has 1 N–H and O–H groups in total. The quantitative estimate of drug-likeness (QED) is 0.489. The first kappa shape index (κ1) is 3.08. The lowest BCUT2D eigenvalue weighted by Gasteiger charge is -2.14. The molecule has 0 aliphatic heterocycles. The van der Waals surface area contributed by atoms with Crippen molar-refractivity contribution in [3.63, 3.8) is 0 Å². The summed E-state index contributed by atoms with van der Waals surface area (Å²) >= 11 is 0. The normalized spacial score (nSPS) is 58.1. The molecule has 0 heterocycles. The van der Waals surface area contributed by atoms with Gasteiger partial charge >= 0.3 is 0 Å². The molecule has 1 saturated carbocycles. The molecule has 7 heavy (non-hydrogen) atoms. The van der Waals surface area contributed by atoms with Crippen molar-refractivity contribution in [1.29, 1.82) is 0 Å². The van der Waals surface area contributed by atoms with Gasteiger partial charge in [0.05, 0.1) is 6.10 Å². The van der Waals surface area contributed by atoms with Crippen LogP contribution in [0.5, 0.6) is 0 Å². The molecule has 0 saturated heterocycles. The van der Waals surface area contributed by atoms with E-state index in [4.69, 9.17) is 7.85 Å². The van der Waals surface area contributed by atoms with Crippen LogP contribution in [-0.2, 0) is 0 Å². The van der Waals surface area contributed by atoms with Crippen LogP contribution in [0.2, 0.25) is 0 Å². The van der Waals surface area contributed by atoms with Crippen LogP contribution in [0.25, 0.3) is 0 Å². The molecule has 42 valence electrons. The van der Waals surface area contributed by atoms with E-state index in [0.29, 0.717) is 19.3 Å². The van der Waals surface area contributed by atoms with E-state index in [9.17, 15) is 0 Å². The van der Waals surface area contributed by atoms with Crippen LogP contribution in [0, 0.1) is 0 Å². The zero-order valence-electron chi connectivity index (χ0n) is 6.30. The van der Waals surface area contributed by atoms with Gasteiger partial charge in [-0.25, -0.2) is 0 Å². The third-order valence-corrected chi connectivity index (χ3v) is 1.21. The van der Waals surface area contributed by atoms with E-state index in [0.717, 1.165) is 0 Å². The Bertz CT molecular complexity index is 72.0. The Morgan fingerprint density at radius 2 is 2.00 bits per heavy atom. The zero-order valence-corrected chi connectivity index (χ0v) is 4.30. The first-order valence-electron chi connectivity index (χ1n) is 3.86. The summed E-state index contributed by atoms with van der Waals surface area (Å²) in [4.78, 5) is 0. The Hall–Kier alpha value is -0.0400. The summed E-state index contributed by atoms with van der Waals surface area (Å²) in [5.74, 6) is 0. The van der Waals surface area contributed by atoms with Gasteiger partial charge in [0.25, 0.3) is 0 Å². The van der Waals surface area contributed by atoms with Gasteiger partial charge in [0.15, 0.2) is 0 Å². The summed E-state index contributed by atoms with van der Waals surface area (Å²) in [6.07, 6.45) is 0.984. The molecule has 0 bridgehead atoms. The van der Waals surface area contributed by atoms with Crippen LogP contribution in [0.1, 0.15) is 34.8 Å². The van der Waals surface area contributed by atoms with Crippen LogP contribution in [0.4, 0.5) is 0 Å². The number of hydrogen-bond donors (Lipinski definition) is 1. The van der Waals surface area contributed by atoms with E-state index in [2.05, 4.69) is 0 Å². The maximum absolute atomic E-state index is 9.01. The fourth-order valence-corrected chi connectivity index (χ4v) is 0.791. The van der Waals surface area contributed by atoms with Crippen molar-refractivity contribution >= 4 is 0 Å². The maximum Gasteiger partial charge on any atom is 0.0540 e. The predicted molar refractivity (Wildman–Crippen MR) is 29.1 cm³/mol. The summed E-state index contributed by atoms with van der Waals surface area (Å²) < 4.78 is 14.5. The Labute approximate surface area is 47.2 Å². The molecule has 2 atom stereocenters. The minimum Gasteiger partial charge on any atom is -0.393 e. The first-order chi connectivity index (χ1) is 4.18. The largest absolute Gasteiger partial charge is 0.393 e. The zero-order chi connectivity index (χ0) is 6.85. The molecule has 1 heteroatoms.